The van der Waals surface area contributed by atoms with Gasteiger partial charge < -0.3 is 20.7 Å². The highest BCUT2D eigenvalue weighted by Crippen LogP contribution is 2.23. The van der Waals surface area contributed by atoms with Crippen molar-refractivity contribution in [3.8, 4) is 0 Å². The first-order valence-corrected chi connectivity index (χ1v) is 11.8. The maximum Gasteiger partial charge on any atom is 0.253 e. The maximum atomic E-state index is 13.2. The number of ether oxygens (including phenoxy) is 1. The summed E-state index contributed by atoms with van der Waals surface area (Å²) < 4.78 is 5.59. The average molecular weight is 458 g/mol. The van der Waals surface area contributed by atoms with E-state index >= 15 is 0 Å². The molecule has 176 valence electrons. The van der Waals surface area contributed by atoms with Crippen LogP contribution in [0.5, 0.6) is 0 Å². The van der Waals surface area contributed by atoms with Gasteiger partial charge in [0.25, 0.3) is 5.91 Å². The molecule has 3 aromatic rings. The van der Waals surface area contributed by atoms with Crippen molar-refractivity contribution < 1.29 is 14.3 Å². The van der Waals surface area contributed by atoms with Gasteiger partial charge in [0.05, 0.1) is 17.7 Å². The summed E-state index contributed by atoms with van der Waals surface area (Å²) in [6.45, 7) is 3.03. The first-order chi connectivity index (χ1) is 16.6. The Balaban J connectivity index is 1.44. The second-order valence-corrected chi connectivity index (χ2v) is 8.52. The topological polar surface area (TPSA) is 79.5 Å². The second kappa shape index (κ2) is 11.5. The Labute approximate surface area is 200 Å². The van der Waals surface area contributed by atoms with E-state index in [0.29, 0.717) is 17.8 Å². The minimum atomic E-state index is -0.554. The third-order valence-corrected chi connectivity index (χ3v) is 6.00. The number of hydrogen-bond acceptors (Lipinski definition) is 4. The third kappa shape index (κ3) is 6.02. The molecule has 1 aliphatic rings. The van der Waals surface area contributed by atoms with Gasteiger partial charge in [0.15, 0.2) is 0 Å². The number of carbonyl (C=O) groups excluding carboxylic acids is 2. The minimum Gasteiger partial charge on any atom is -0.376 e. The van der Waals surface area contributed by atoms with Crippen molar-refractivity contribution in [1.29, 1.82) is 0 Å². The van der Waals surface area contributed by atoms with Gasteiger partial charge in [0, 0.05) is 18.8 Å². The van der Waals surface area contributed by atoms with E-state index in [2.05, 4.69) is 16.0 Å². The Bertz CT molecular complexity index is 1040. The minimum absolute atomic E-state index is 0.0710. The molecule has 0 aromatic heterocycles. The van der Waals surface area contributed by atoms with Crippen LogP contribution >= 0.6 is 0 Å². The van der Waals surface area contributed by atoms with E-state index in [-0.39, 0.29) is 24.0 Å². The molecular formula is C28H31N3O3. The number of para-hydroxylation sites is 1. The van der Waals surface area contributed by atoms with Crippen LogP contribution in [0.4, 0.5) is 5.69 Å². The quantitative estimate of drug-likeness (QED) is 0.448. The van der Waals surface area contributed by atoms with Gasteiger partial charge in [0.1, 0.15) is 6.04 Å². The first kappa shape index (κ1) is 23.5. The number of nitrogens with one attached hydrogen (secondary N) is 3. The fraction of sp³-hybridized carbons (Fsp3) is 0.286. The van der Waals surface area contributed by atoms with Gasteiger partial charge in [-0.3, -0.25) is 9.59 Å². The van der Waals surface area contributed by atoms with Gasteiger partial charge in [-0.15, -0.1) is 0 Å². The molecule has 0 saturated carbocycles. The molecular weight excluding hydrogens is 426 g/mol. The number of anilines is 1. The molecule has 1 saturated heterocycles. The molecule has 6 nitrogen and oxygen atoms in total. The molecule has 1 aliphatic heterocycles. The van der Waals surface area contributed by atoms with Gasteiger partial charge in [-0.25, -0.2) is 0 Å². The first-order valence-electron chi connectivity index (χ1n) is 11.8. The second-order valence-electron chi connectivity index (χ2n) is 8.52. The molecule has 3 N–H and O–H groups in total. The fourth-order valence-electron chi connectivity index (χ4n) is 4.13. The van der Waals surface area contributed by atoms with Gasteiger partial charge in [0.2, 0.25) is 5.91 Å². The Morgan fingerprint density at radius 2 is 1.53 bits per heavy atom. The summed E-state index contributed by atoms with van der Waals surface area (Å²) in [5.41, 5.74) is 3.13. The zero-order chi connectivity index (χ0) is 23.8. The molecule has 0 aliphatic carbocycles. The summed E-state index contributed by atoms with van der Waals surface area (Å²) in [5.74, 6) is -0.343. The predicted molar refractivity (Wildman–Crippen MR) is 134 cm³/mol. The standard InChI is InChI=1S/C28H31N3O3/c1-20(27(32)31-26(21-11-4-2-5-12-21)22-13-6-3-7-14-22)30-25-17-9-8-16-24(25)28(33)29-19-23-15-10-18-34-23/h2-9,11-14,16-17,20,23,26,30H,10,15,18-19H2,1H3,(H,29,33)(H,31,32)/t20-,23+/m0/s1. The van der Waals surface area contributed by atoms with Gasteiger partial charge in [-0.05, 0) is 43.0 Å². The van der Waals surface area contributed by atoms with E-state index in [1.807, 2.05) is 78.9 Å². The van der Waals surface area contributed by atoms with Crippen LogP contribution in [-0.4, -0.2) is 37.1 Å². The molecule has 2 amide bonds. The van der Waals surface area contributed by atoms with Crippen molar-refractivity contribution in [2.24, 2.45) is 0 Å². The van der Waals surface area contributed by atoms with Crippen molar-refractivity contribution in [2.75, 3.05) is 18.5 Å². The Morgan fingerprint density at radius 1 is 0.912 bits per heavy atom. The lowest BCUT2D eigenvalue weighted by Crippen LogP contribution is -2.40. The Kier molecular flexibility index (Phi) is 7.94. The molecule has 0 radical (unpaired) electrons. The zero-order valence-electron chi connectivity index (χ0n) is 19.4. The predicted octanol–water partition coefficient (Wildman–Crippen LogP) is 4.30. The van der Waals surface area contributed by atoms with Gasteiger partial charge in [-0.2, -0.15) is 0 Å². The highest BCUT2D eigenvalue weighted by molar-refractivity contribution is 6.00. The lowest BCUT2D eigenvalue weighted by molar-refractivity contribution is -0.122. The van der Waals surface area contributed by atoms with E-state index in [4.69, 9.17) is 4.74 Å². The van der Waals surface area contributed by atoms with Crippen molar-refractivity contribution in [1.82, 2.24) is 10.6 Å². The molecule has 4 rings (SSSR count). The van der Waals surface area contributed by atoms with Gasteiger partial charge >= 0.3 is 0 Å². The summed E-state index contributed by atoms with van der Waals surface area (Å²) >= 11 is 0. The Morgan fingerprint density at radius 3 is 2.15 bits per heavy atom. The maximum absolute atomic E-state index is 13.2. The normalized spacial score (nSPS) is 16.1. The highest BCUT2D eigenvalue weighted by atomic mass is 16.5. The van der Waals surface area contributed by atoms with E-state index in [9.17, 15) is 9.59 Å². The van der Waals surface area contributed by atoms with Crippen LogP contribution in [0.1, 0.15) is 47.3 Å². The van der Waals surface area contributed by atoms with Crippen molar-refractivity contribution in [2.45, 2.75) is 38.0 Å². The molecule has 1 fully saturated rings. The average Bonchev–Trinajstić information content (AvgIpc) is 3.41. The molecule has 0 spiro atoms. The number of carbonyl (C=O) groups is 2. The smallest absolute Gasteiger partial charge is 0.253 e. The molecule has 3 aromatic carbocycles. The summed E-state index contributed by atoms with van der Waals surface area (Å²) in [7, 11) is 0. The molecule has 34 heavy (non-hydrogen) atoms. The van der Waals surface area contributed by atoms with Crippen LogP contribution in [0.25, 0.3) is 0 Å². The molecule has 0 bridgehead atoms. The van der Waals surface area contributed by atoms with Crippen LogP contribution in [0.3, 0.4) is 0 Å². The SMILES string of the molecule is C[C@H](Nc1ccccc1C(=O)NC[C@H]1CCCO1)C(=O)NC(c1ccccc1)c1ccccc1. The van der Waals surface area contributed by atoms with Crippen LogP contribution < -0.4 is 16.0 Å². The van der Waals surface area contributed by atoms with E-state index in [0.717, 1.165) is 30.6 Å². The van der Waals surface area contributed by atoms with Gasteiger partial charge in [-0.1, -0.05) is 72.8 Å². The lowest BCUT2D eigenvalue weighted by atomic mass is 9.98. The summed E-state index contributed by atoms with van der Waals surface area (Å²) in [4.78, 5) is 26.0. The third-order valence-electron chi connectivity index (χ3n) is 6.00. The number of hydrogen-bond donors (Lipinski definition) is 3. The van der Waals surface area contributed by atoms with Crippen molar-refractivity contribution in [3.05, 3.63) is 102 Å². The van der Waals surface area contributed by atoms with Crippen LogP contribution in [0.15, 0.2) is 84.9 Å². The highest BCUT2D eigenvalue weighted by Gasteiger charge is 2.22. The summed E-state index contributed by atoms with van der Waals surface area (Å²) in [6, 6.07) is 26.2. The van der Waals surface area contributed by atoms with E-state index in [1.54, 1.807) is 13.0 Å². The molecule has 2 atom stereocenters. The zero-order valence-corrected chi connectivity index (χ0v) is 19.4. The molecule has 0 unspecified atom stereocenters. The Hall–Kier alpha value is -3.64. The summed E-state index contributed by atoms with van der Waals surface area (Å²) in [6.07, 6.45) is 2.06. The molecule has 1 heterocycles. The number of amides is 2. The number of benzene rings is 3. The fourth-order valence-corrected chi connectivity index (χ4v) is 4.13. The van der Waals surface area contributed by atoms with Crippen LogP contribution in [0, 0.1) is 0 Å². The van der Waals surface area contributed by atoms with Crippen molar-refractivity contribution >= 4 is 17.5 Å². The monoisotopic (exact) mass is 457 g/mol. The lowest BCUT2D eigenvalue weighted by Gasteiger charge is -2.23. The van der Waals surface area contributed by atoms with Crippen molar-refractivity contribution in [3.63, 3.8) is 0 Å². The summed E-state index contributed by atoms with van der Waals surface area (Å²) in [5, 5.41) is 9.34. The van der Waals surface area contributed by atoms with Crippen LogP contribution in [-0.2, 0) is 9.53 Å². The van der Waals surface area contributed by atoms with E-state index < -0.39 is 6.04 Å². The van der Waals surface area contributed by atoms with Crippen LogP contribution in [0.2, 0.25) is 0 Å². The number of rotatable bonds is 9. The van der Waals surface area contributed by atoms with E-state index in [1.165, 1.54) is 0 Å². The molecule has 6 heteroatoms. The largest absolute Gasteiger partial charge is 0.376 e.